The number of ether oxygens (including phenoxy) is 2. The zero-order valence-electron chi connectivity index (χ0n) is 61.5. The summed E-state index contributed by atoms with van der Waals surface area (Å²) in [5.41, 5.74) is 0. The van der Waals surface area contributed by atoms with E-state index in [1.807, 2.05) is 0 Å². The van der Waals surface area contributed by atoms with Crippen LogP contribution in [0.2, 0.25) is 0 Å². The Kier molecular flexibility index (Phi) is 69.4. The molecule has 9 nitrogen and oxygen atoms in total. The average molecular weight is 1310 g/mol. The molecule has 1 fully saturated rings. The van der Waals surface area contributed by atoms with Gasteiger partial charge in [-0.25, -0.2) is 0 Å². The second kappa shape index (κ2) is 72.6. The topological polar surface area (TPSA) is 149 Å². The summed E-state index contributed by atoms with van der Waals surface area (Å²) >= 11 is 0. The van der Waals surface area contributed by atoms with Gasteiger partial charge in [0.05, 0.1) is 25.4 Å². The number of amides is 1. The molecule has 93 heavy (non-hydrogen) atoms. The number of aliphatic hydroxyl groups excluding tert-OH is 5. The van der Waals surface area contributed by atoms with E-state index in [0.717, 1.165) is 70.6 Å². The summed E-state index contributed by atoms with van der Waals surface area (Å²) in [6, 6.07) is -0.721. The normalized spacial score (nSPS) is 17.9. The van der Waals surface area contributed by atoms with Crippen molar-refractivity contribution in [2.75, 3.05) is 13.2 Å². The molecule has 9 heteroatoms. The quantitative estimate of drug-likeness (QED) is 0.0261. The van der Waals surface area contributed by atoms with Gasteiger partial charge in [-0.2, -0.15) is 0 Å². The maximum atomic E-state index is 13.2. The fourth-order valence-electron chi connectivity index (χ4n) is 13.3. The maximum absolute atomic E-state index is 13.2. The van der Waals surface area contributed by atoms with Gasteiger partial charge in [0.25, 0.3) is 0 Å². The Hall–Kier alpha value is -2.11. The summed E-state index contributed by atoms with van der Waals surface area (Å²) in [5, 5.41) is 55.1. The summed E-state index contributed by atoms with van der Waals surface area (Å²) in [4.78, 5) is 13.2. The Balaban J connectivity index is 2.03. The molecule has 0 aromatic carbocycles. The van der Waals surface area contributed by atoms with E-state index in [9.17, 15) is 30.3 Å². The third kappa shape index (κ3) is 60.8. The van der Waals surface area contributed by atoms with Crippen LogP contribution in [0, 0.1) is 0 Å². The smallest absolute Gasteiger partial charge is 0.220 e. The van der Waals surface area contributed by atoms with E-state index in [1.165, 1.54) is 315 Å². The van der Waals surface area contributed by atoms with Gasteiger partial charge < -0.3 is 40.3 Å². The molecule has 1 amide bonds. The molecule has 1 saturated heterocycles. The third-order valence-electron chi connectivity index (χ3n) is 19.6. The minimum absolute atomic E-state index is 0.134. The minimum Gasteiger partial charge on any atom is -0.394 e. The molecule has 0 spiro atoms. The van der Waals surface area contributed by atoms with E-state index in [2.05, 4.69) is 79.9 Å². The standard InChI is InChI=1S/C84H157NO8/c1-3-5-7-9-11-13-15-17-19-21-23-25-27-29-31-33-35-36-37-38-39-40-41-42-44-46-48-50-52-54-56-58-60-62-64-66-68-70-72-74-80(88)85-77(76-92-84-83(91)82(90)81(89)79(75-86)93-84)78(87)73-71-69-67-65-63-61-59-57-55-53-51-49-47-45-43-34-32-30-28-26-24-22-20-18-16-14-12-10-8-6-4-2/h5,7,11,13,17,19,23,25,29,31,77-79,81-84,86-87,89-91H,3-4,6,8-10,12,14-16,18,20-22,24,26-28,30,32-76H2,1-2H3,(H,85,88)/b7-5-,13-11-,19-17-,25-23-,31-29-. The first-order valence-corrected chi connectivity index (χ1v) is 41.0. The van der Waals surface area contributed by atoms with Gasteiger partial charge in [0.15, 0.2) is 6.29 Å². The van der Waals surface area contributed by atoms with Crippen molar-refractivity contribution in [2.24, 2.45) is 0 Å². The largest absolute Gasteiger partial charge is 0.394 e. The Morgan fingerprint density at radius 2 is 0.667 bits per heavy atom. The van der Waals surface area contributed by atoms with Crippen molar-refractivity contribution in [3.8, 4) is 0 Å². The van der Waals surface area contributed by atoms with Gasteiger partial charge in [-0.05, 0) is 57.8 Å². The van der Waals surface area contributed by atoms with E-state index < -0.39 is 49.5 Å². The molecular weight excluding hydrogens is 1150 g/mol. The first-order valence-electron chi connectivity index (χ1n) is 41.0. The molecule has 7 unspecified atom stereocenters. The Labute approximate surface area is 576 Å². The highest BCUT2D eigenvalue weighted by molar-refractivity contribution is 5.76. The number of hydrogen-bond donors (Lipinski definition) is 6. The Morgan fingerprint density at radius 3 is 0.989 bits per heavy atom. The number of nitrogens with one attached hydrogen (secondary N) is 1. The summed E-state index contributed by atoms with van der Waals surface area (Å²) in [6.45, 7) is 3.79. The molecule has 0 radical (unpaired) electrons. The molecule has 1 aliphatic rings. The lowest BCUT2D eigenvalue weighted by Crippen LogP contribution is -2.60. The van der Waals surface area contributed by atoms with Crippen molar-refractivity contribution in [3.05, 3.63) is 60.8 Å². The lowest BCUT2D eigenvalue weighted by molar-refractivity contribution is -0.302. The van der Waals surface area contributed by atoms with E-state index in [4.69, 9.17) is 9.47 Å². The molecule has 0 aromatic heterocycles. The van der Waals surface area contributed by atoms with Gasteiger partial charge in [0.2, 0.25) is 5.91 Å². The van der Waals surface area contributed by atoms with Crippen LogP contribution in [0.5, 0.6) is 0 Å². The number of aliphatic hydroxyl groups is 5. The number of rotatable bonds is 73. The zero-order chi connectivity index (χ0) is 67.1. The highest BCUT2D eigenvalue weighted by atomic mass is 16.7. The van der Waals surface area contributed by atoms with Crippen LogP contribution in [-0.2, 0) is 14.3 Å². The van der Waals surface area contributed by atoms with E-state index in [1.54, 1.807) is 0 Å². The fourth-order valence-corrected chi connectivity index (χ4v) is 13.3. The first-order chi connectivity index (χ1) is 45.8. The van der Waals surface area contributed by atoms with E-state index >= 15 is 0 Å². The zero-order valence-corrected chi connectivity index (χ0v) is 61.5. The molecule has 1 aliphatic heterocycles. The number of hydrogen-bond acceptors (Lipinski definition) is 8. The molecule has 546 valence electrons. The predicted octanol–water partition coefficient (Wildman–Crippen LogP) is 23.7. The average Bonchev–Trinajstić information content (AvgIpc) is 1.02. The van der Waals surface area contributed by atoms with Crippen molar-refractivity contribution < 1.29 is 39.8 Å². The fraction of sp³-hybridized carbons (Fsp3) is 0.869. The lowest BCUT2D eigenvalue weighted by atomic mass is 9.99. The third-order valence-corrected chi connectivity index (χ3v) is 19.6. The number of carbonyl (C=O) groups excluding carboxylic acids is 1. The molecule has 7 atom stereocenters. The maximum Gasteiger partial charge on any atom is 0.220 e. The van der Waals surface area contributed by atoms with Crippen molar-refractivity contribution >= 4 is 5.91 Å². The van der Waals surface area contributed by atoms with Crippen molar-refractivity contribution in [1.29, 1.82) is 0 Å². The molecule has 0 aromatic rings. The molecule has 0 aliphatic carbocycles. The van der Waals surface area contributed by atoms with E-state index in [0.29, 0.717) is 12.8 Å². The van der Waals surface area contributed by atoms with Crippen molar-refractivity contribution in [1.82, 2.24) is 5.32 Å². The number of carbonyl (C=O) groups is 1. The molecular formula is C84H157NO8. The Bertz CT molecular complexity index is 1660. The van der Waals surface area contributed by atoms with Crippen LogP contribution >= 0.6 is 0 Å². The number of unbranched alkanes of at least 4 members (excludes halogenated alkanes) is 53. The second-order valence-corrected chi connectivity index (χ2v) is 28.5. The Morgan fingerprint density at radius 1 is 0.376 bits per heavy atom. The summed E-state index contributed by atoms with van der Waals surface area (Å²) < 4.78 is 11.4. The predicted molar refractivity (Wildman–Crippen MR) is 401 cm³/mol. The summed E-state index contributed by atoms with van der Waals surface area (Å²) in [5.74, 6) is -0.135. The van der Waals surface area contributed by atoms with Crippen LogP contribution in [0.25, 0.3) is 0 Å². The van der Waals surface area contributed by atoms with Crippen LogP contribution in [0.4, 0.5) is 0 Å². The highest BCUT2D eigenvalue weighted by Gasteiger charge is 2.44. The summed E-state index contributed by atoms with van der Waals surface area (Å²) in [6.07, 6.45) is 94.8. The number of allylic oxidation sites excluding steroid dienone is 10. The SMILES string of the molecule is CC/C=C\C/C=C\C/C=C\C/C=C\C/C=C\CCCCCCCCCCCCCCCCCCCCCCCCCC(=O)NC(COC1OC(CO)C(O)C(O)C1O)C(O)CCCCCCCCCCCCCCCCCCCCCCCCCCCCCCCCC. The van der Waals surface area contributed by atoms with Gasteiger partial charge >= 0.3 is 0 Å². The van der Waals surface area contributed by atoms with Crippen molar-refractivity contribution in [3.63, 3.8) is 0 Å². The van der Waals surface area contributed by atoms with Crippen molar-refractivity contribution in [2.45, 2.75) is 455 Å². The highest BCUT2D eigenvalue weighted by Crippen LogP contribution is 2.24. The van der Waals surface area contributed by atoms with Gasteiger partial charge in [-0.1, -0.05) is 408 Å². The monoisotopic (exact) mass is 1310 g/mol. The second-order valence-electron chi connectivity index (χ2n) is 28.5. The van der Waals surface area contributed by atoms with Gasteiger partial charge in [-0.3, -0.25) is 4.79 Å². The first kappa shape index (κ1) is 88.9. The molecule has 1 heterocycles. The van der Waals surface area contributed by atoms with Crippen LogP contribution in [0.3, 0.4) is 0 Å². The van der Waals surface area contributed by atoms with Crippen LogP contribution in [-0.4, -0.2) is 87.5 Å². The van der Waals surface area contributed by atoms with Gasteiger partial charge in [0.1, 0.15) is 24.4 Å². The van der Waals surface area contributed by atoms with Crippen LogP contribution in [0.15, 0.2) is 60.8 Å². The molecule has 0 saturated carbocycles. The minimum atomic E-state index is -1.55. The van der Waals surface area contributed by atoms with E-state index in [-0.39, 0.29) is 12.5 Å². The van der Waals surface area contributed by atoms with Crippen LogP contribution in [0.1, 0.15) is 412 Å². The molecule has 1 rings (SSSR count). The lowest BCUT2D eigenvalue weighted by Gasteiger charge is -2.40. The summed E-state index contributed by atoms with van der Waals surface area (Å²) in [7, 11) is 0. The van der Waals surface area contributed by atoms with Crippen LogP contribution < -0.4 is 5.32 Å². The van der Waals surface area contributed by atoms with Gasteiger partial charge in [0, 0.05) is 6.42 Å². The van der Waals surface area contributed by atoms with Gasteiger partial charge in [-0.15, -0.1) is 0 Å². The molecule has 6 N–H and O–H groups in total. The molecule has 0 bridgehead atoms.